The molecule has 3 rings (SSSR count). The van der Waals surface area contributed by atoms with Crippen LogP contribution in [-0.2, 0) is 9.59 Å². The number of carbonyl (C=O) groups excluding carboxylic acids is 2. The van der Waals surface area contributed by atoms with Crippen molar-refractivity contribution >= 4 is 29.1 Å². The van der Waals surface area contributed by atoms with Gasteiger partial charge in [0.25, 0.3) is 0 Å². The zero-order valence-electron chi connectivity index (χ0n) is 14.8. The number of benzene rings is 1. The maximum atomic E-state index is 12.5. The van der Waals surface area contributed by atoms with Crippen molar-refractivity contribution in [2.75, 3.05) is 4.90 Å². The Kier molecular flexibility index (Phi) is 5.15. The smallest absolute Gasteiger partial charge is 0.303 e. The van der Waals surface area contributed by atoms with Crippen LogP contribution in [0.15, 0.2) is 18.2 Å². The molecule has 6 heteroatoms. The number of anilines is 1. The van der Waals surface area contributed by atoms with E-state index >= 15 is 0 Å². The van der Waals surface area contributed by atoms with E-state index in [1.54, 1.807) is 18.2 Å². The largest absolute Gasteiger partial charge is 0.489 e. The quantitative estimate of drug-likeness (QED) is 0.804. The van der Waals surface area contributed by atoms with Crippen molar-refractivity contribution < 1.29 is 14.3 Å². The SMILES string of the molecule is C#CC(=O)N(c1ccc(OC2CC(C)C2)c(Cl)c1)C1(C(N)=O)CCCC1. The average molecular weight is 375 g/mol. The summed E-state index contributed by atoms with van der Waals surface area (Å²) < 4.78 is 5.90. The molecule has 0 bridgehead atoms. The van der Waals surface area contributed by atoms with Crippen LogP contribution in [0.5, 0.6) is 5.75 Å². The van der Waals surface area contributed by atoms with E-state index in [4.69, 9.17) is 28.5 Å². The Morgan fingerprint density at radius 2 is 2.00 bits per heavy atom. The van der Waals surface area contributed by atoms with Crippen LogP contribution >= 0.6 is 11.6 Å². The summed E-state index contributed by atoms with van der Waals surface area (Å²) in [5.41, 5.74) is 5.04. The maximum Gasteiger partial charge on any atom is 0.303 e. The number of amides is 2. The van der Waals surface area contributed by atoms with Gasteiger partial charge in [-0.05, 0) is 55.7 Å². The second-order valence-corrected chi connectivity index (χ2v) is 7.73. The summed E-state index contributed by atoms with van der Waals surface area (Å²) >= 11 is 6.38. The minimum Gasteiger partial charge on any atom is -0.489 e. The number of carbonyl (C=O) groups is 2. The second kappa shape index (κ2) is 7.20. The fraction of sp³-hybridized carbons (Fsp3) is 0.500. The lowest BCUT2D eigenvalue weighted by molar-refractivity contribution is -0.126. The summed E-state index contributed by atoms with van der Waals surface area (Å²) in [5.74, 6) is 2.21. The Balaban J connectivity index is 1.92. The van der Waals surface area contributed by atoms with Gasteiger partial charge < -0.3 is 10.5 Å². The van der Waals surface area contributed by atoms with E-state index in [0.717, 1.165) is 25.7 Å². The number of hydrogen-bond donors (Lipinski definition) is 1. The first kappa shape index (κ1) is 18.6. The van der Waals surface area contributed by atoms with Gasteiger partial charge in [0.2, 0.25) is 5.91 Å². The third-order valence-corrected chi connectivity index (χ3v) is 5.74. The Morgan fingerprint density at radius 1 is 1.35 bits per heavy atom. The lowest BCUT2D eigenvalue weighted by Gasteiger charge is -2.38. The molecule has 0 aromatic heterocycles. The first-order chi connectivity index (χ1) is 12.4. The molecule has 26 heavy (non-hydrogen) atoms. The molecule has 2 aliphatic rings. The standard InChI is InChI=1S/C20H23ClN2O3/c1-3-18(24)23(20(19(22)25)8-4-5-9-20)14-6-7-17(16(21)12-14)26-15-10-13(2)11-15/h1,6-7,12-13,15H,4-5,8-11H2,2H3,(H2,22,25). The van der Waals surface area contributed by atoms with Crippen molar-refractivity contribution in [1.82, 2.24) is 0 Å². The highest BCUT2D eigenvalue weighted by atomic mass is 35.5. The van der Waals surface area contributed by atoms with E-state index in [9.17, 15) is 9.59 Å². The summed E-state index contributed by atoms with van der Waals surface area (Å²) in [4.78, 5) is 26.1. The Morgan fingerprint density at radius 3 is 2.50 bits per heavy atom. The number of nitrogens with two attached hydrogens (primary N) is 1. The van der Waals surface area contributed by atoms with Gasteiger partial charge in [0.1, 0.15) is 11.3 Å². The van der Waals surface area contributed by atoms with E-state index in [-0.39, 0.29) is 6.10 Å². The fourth-order valence-electron chi connectivity index (χ4n) is 3.99. The van der Waals surface area contributed by atoms with Crippen molar-refractivity contribution in [2.45, 2.75) is 57.1 Å². The normalized spacial score (nSPS) is 23.6. The van der Waals surface area contributed by atoms with E-state index in [1.807, 2.05) is 0 Å². The van der Waals surface area contributed by atoms with E-state index in [1.165, 1.54) is 4.90 Å². The van der Waals surface area contributed by atoms with Crippen LogP contribution in [0.3, 0.4) is 0 Å². The van der Waals surface area contributed by atoms with Crippen LogP contribution in [0.2, 0.25) is 5.02 Å². The first-order valence-corrected chi connectivity index (χ1v) is 9.32. The molecular formula is C20H23ClN2O3. The molecule has 2 amide bonds. The molecule has 1 aromatic rings. The van der Waals surface area contributed by atoms with Gasteiger partial charge in [0.15, 0.2) is 0 Å². The summed E-state index contributed by atoms with van der Waals surface area (Å²) in [6.45, 7) is 2.18. The minimum absolute atomic E-state index is 0.170. The van der Waals surface area contributed by atoms with Gasteiger partial charge in [-0.2, -0.15) is 0 Å². The third kappa shape index (κ3) is 3.26. The number of primary amides is 1. The molecule has 0 unspecified atom stereocenters. The van der Waals surface area contributed by atoms with Crippen molar-refractivity contribution in [2.24, 2.45) is 11.7 Å². The molecule has 2 N–H and O–H groups in total. The topological polar surface area (TPSA) is 72.6 Å². The van der Waals surface area contributed by atoms with Gasteiger partial charge in [-0.3, -0.25) is 14.5 Å². The minimum atomic E-state index is -1.10. The molecular weight excluding hydrogens is 352 g/mol. The predicted molar refractivity (Wildman–Crippen MR) is 101 cm³/mol. The molecule has 0 spiro atoms. The van der Waals surface area contributed by atoms with Crippen LogP contribution in [0.4, 0.5) is 5.69 Å². The molecule has 138 valence electrons. The van der Waals surface area contributed by atoms with Gasteiger partial charge in [-0.25, -0.2) is 0 Å². The summed E-state index contributed by atoms with van der Waals surface area (Å²) in [6, 6.07) is 5.06. The number of halogens is 1. The highest BCUT2D eigenvalue weighted by Crippen LogP contribution is 2.41. The number of ether oxygens (including phenoxy) is 1. The molecule has 0 heterocycles. The van der Waals surface area contributed by atoms with Crippen molar-refractivity contribution in [3.63, 3.8) is 0 Å². The number of nitrogens with zero attached hydrogens (tertiary/aromatic N) is 1. The van der Waals surface area contributed by atoms with Gasteiger partial charge >= 0.3 is 5.91 Å². The molecule has 0 saturated heterocycles. The van der Waals surface area contributed by atoms with Crippen molar-refractivity contribution in [3.05, 3.63) is 23.2 Å². The monoisotopic (exact) mass is 374 g/mol. The summed E-state index contributed by atoms with van der Waals surface area (Å²) in [5, 5.41) is 0.384. The van der Waals surface area contributed by atoms with Crippen LogP contribution in [0.25, 0.3) is 0 Å². The van der Waals surface area contributed by atoms with Crippen molar-refractivity contribution in [1.29, 1.82) is 0 Å². The summed E-state index contributed by atoms with van der Waals surface area (Å²) in [7, 11) is 0. The Hall–Kier alpha value is -2.19. The van der Waals surface area contributed by atoms with Crippen LogP contribution in [0, 0.1) is 18.3 Å². The highest BCUT2D eigenvalue weighted by Gasteiger charge is 2.47. The van der Waals surface area contributed by atoms with E-state index in [0.29, 0.717) is 35.2 Å². The van der Waals surface area contributed by atoms with Gasteiger partial charge in [0.05, 0.1) is 11.1 Å². The van der Waals surface area contributed by atoms with Crippen molar-refractivity contribution in [3.8, 4) is 18.1 Å². The molecule has 0 aliphatic heterocycles. The molecule has 1 aromatic carbocycles. The van der Waals surface area contributed by atoms with E-state index in [2.05, 4.69) is 12.8 Å². The molecule has 2 saturated carbocycles. The first-order valence-electron chi connectivity index (χ1n) is 8.94. The third-order valence-electron chi connectivity index (χ3n) is 5.44. The fourth-order valence-corrected chi connectivity index (χ4v) is 4.21. The molecule has 2 fully saturated rings. The zero-order chi connectivity index (χ0) is 18.9. The highest BCUT2D eigenvalue weighted by molar-refractivity contribution is 6.32. The molecule has 2 aliphatic carbocycles. The summed E-state index contributed by atoms with van der Waals surface area (Å²) in [6.07, 6.45) is 10.1. The Bertz CT molecular complexity index is 759. The van der Waals surface area contributed by atoms with Crippen LogP contribution in [0.1, 0.15) is 45.4 Å². The van der Waals surface area contributed by atoms with E-state index < -0.39 is 17.4 Å². The number of rotatable bonds is 5. The molecule has 0 atom stereocenters. The zero-order valence-corrected chi connectivity index (χ0v) is 15.6. The van der Waals surface area contributed by atoms with Gasteiger partial charge in [-0.15, -0.1) is 6.42 Å². The maximum absolute atomic E-state index is 12.5. The number of terminal acetylenes is 1. The van der Waals surface area contributed by atoms with Crippen LogP contribution < -0.4 is 15.4 Å². The predicted octanol–water partition coefficient (Wildman–Crippen LogP) is 3.28. The Labute approximate surface area is 158 Å². The van der Waals surface area contributed by atoms with Gasteiger partial charge in [-0.1, -0.05) is 31.4 Å². The number of hydrogen-bond acceptors (Lipinski definition) is 3. The molecule has 5 nitrogen and oxygen atoms in total. The average Bonchev–Trinajstić information content (AvgIpc) is 3.06. The second-order valence-electron chi connectivity index (χ2n) is 7.32. The van der Waals surface area contributed by atoms with Gasteiger partial charge in [0, 0.05) is 5.69 Å². The molecule has 0 radical (unpaired) electrons. The van der Waals surface area contributed by atoms with Crippen LogP contribution in [-0.4, -0.2) is 23.5 Å². The lowest BCUT2D eigenvalue weighted by atomic mass is 9.84. The lowest BCUT2D eigenvalue weighted by Crippen LogP contribution is -2.58.